The normalized spacial score (nSPS) is 11.5. The third kappa shape index (κ3) is 9.01. The fourth-order valence-electron chi connectivity index (χ4n) is 4.17. The molecule has 2 aromatic carbocycles. The number of carboxylic acid groups (broad SMARTS) is 1. The Bertz CT molecular complexity index is 1320. The number of carbonyl (C=O) groups is 1. The average molecular weight is 560 g/mol. The summed E-state index contributed by atoms with van der Waals surface area (Å²) in [5, 5.41) is 10.2. The Morgan fingerprint density at radius 1 is 1.08 bits per heavy atom. The summed E-state index contributed by atoms with van der Waals surface area (Å²) in [6.45, 7) is 7.45. The summed E-state index contributed by atoms with van der Waals surface area (Å²) in [4.78, 5) is 38.0. The zero-order valence-corrected chi connectivity index (χ0v) is 24.0. The first-order valence-electron chi connectivity index (χ1n) is 13.0. The molecule has 0 saturated carbocycles. The molecule has 0 amide bonds. The molecule has 0 spiro atoms. The number of halogens is 1. The van der Waals surface area contributed by atoms with Gasteiger partial charge in [-0.25, -0.2) is 4.79 Å². The van der Waals surface area contributed by atoms with Crippen molar-refractivity contribution in [2.24, 2.45) is 7.05 Å². The van der Waals surface area contributed by atoms with Crippen molar-refractivity contribution in [3.05, 3.63) is 91.7 Å². The van der Waals surface area contributed by atoms with Gasteiger partial charge >= 0.3 is 11.7 Å². The molecule has 39 heavy (non-hydrogen) atoms. The zero-order valence-electron chi connectivity index (χ0n) is 23.2. The molecule has 1 heterocycles. The largest absolute Gasteiger partial charge is 0.493 e. The van der Waals surface area contributed by atoms with Crippen molar-refractivity contribution in [3.8, 4) is 11.5 Å². The molecule has 1 atom stereocenters. The SMILES string of the molecule is CC.CCCN(Cc1ccc(OCCn2c(=O)ccn(C)c2=O)c(OC)c1)C(CC(=O)O)c1ccc(Cl)cc1. The van der Waals surface area contributed by atoms with Crippen LogP contribution in [0.1, 0.15) is 50.8 Å². The summed E-state index contributed by atoms with van der Waals surface area (Å²) in [6.07, 6.45) is 2.23. The van der Waals surface area contributed by atoms with Gasteiger partial charge in [-0.1, -0.05) is 50.6 Å². The highest BCUT2D eigenvalue weighted by Crippen LogP contribution is 2.32. The lowest BCUT2D eigenvalue weighted by Gasteiger charge is -2.31. The van der Waals surface area contributed by atoms with Gasteiger partial charge in [-0.3, -0.25) is 19.1 Å². The molecule has 0 aliphatic carbocycles. The molecule has 212 valence electrons. The quantitative estimate of drug-likeness (QED) is 0.322. The van der Waals surface area contributed by atoms with Crippen molar-refractivity contribution < 1.29 is 19.4 Å². The lowest BCUT2D eigenvalue weighted by Crippen LogP contribution is -2.39. The van der Waals surface area contributed by atoms with Crippen molar-refractivity contribution in [3.63, 3.8) is 0 Å². The topological polar surface area (TPSA) is 103 Å². The minimum absolute atomic E-state index is 0.0434. The van der Waals surface area contributed by atoms with Crippen LogP contribution >= 0.6 is 11.6 Å². The van der Waals surface area contributed by atoms with Gasteiger partial charge in [0.15, 0.2) is 11.5 Å². The number of hydrogen-bond acceptors (Lipinski definition) is 6. The van der Waals surface area contributed by atoms with Gasteiger partial charge in [-0.05, 0) is 48.4 Å². The second kappa shape index (κ2) is 15.8. The molecule has 9 nitrogen and oxygen atoms in total. The third-order valence-electron chi connectivity index (χ3n) is 6.00. The minimum Gasteiger partial charge on any atom is -0.493 e. The number of rotatable bonds is 13. The smallest absolute Gasteiger partial charge is 0.330 e. The van der Waals surface area contributed by atoms with E-state index in [-0.39, 0.29) is 31.2 Å². The molecule has 0 saturated heterocycles. The Labute approximate surface area is 234 Å². The standard InChI is InChI=1S/C27H32ClN3O6.C2H6/c1-4-12-30(22(17-26(33)34)20-6-8-21(28)9-7-20)18-19-5-10-23(24(16-19)36-3)37-15-14-31-25(32)11-13-29(2)27(31)35;1-2/h5-11,13,16,22H,4,12,14-15,17-18H2,1-3H3,(H,33,34);1-2H3. The highest BCUT2D eigenvalue weighted by Gasteiger charge is 2.23. The van der Waals surface area contributed by atoms with E-state index in [2.05, 4.69) is 11.8 Å². The number of aryl methyl sites for hydroxylation is 1. The van der Waals surface area contributed by atoms with E-state index in [0.717, 1.165) is 22.1 Å². The van der Waals surface area contributed by atoms with Crippen molar-refractivity contribution in [2.45, 2.75) is 52.7 Å². The van der Waals surface area contributed by atoms with Gasteiger partial charge in [0.1, 0.15) is 6.61 Å². The van der Waals surface area contributed by atoms with Gasteiger partial charge in [0.25, 0.3) is 5.56 Å². The summed E-state index contributed by atoms with van der Waals surface area (Å²) in [7, 11) is 3.12. The molecule has 1 N–H and O–H groups in total. The molecular formula is C29H38ClN3O6. The second-order valence-electron chi connectivity index (χ2n) is 8.67. The van der Waals surface area contributed by atoms with Crippen LogP contribution in [-0.2, 0) is 24.9 Å². The van der Waals surface area contributed by atoms with E-state index in [1.165, 1.54) is 23.9 Å². The van der Waals surface area contributed by atoms with Crippen LogP contribution in [0.15, 0.2) is 64.3 Å². The maximum absolute atomic E-state index is 12.2. The van der Waals surface area contributed by atoms with Gasteiger partial charge in [0.05, 0.1) is 20.1 Å². The number of carboxylic acids is 1. The molecular weight excluding hydrogens is 522 g/mol. The maximum Gasteiger partial charge on any atom is 0.330 e. The first kappa shape index (κ1) is 31.7. The zero-order chi connectivity index (χ0) is 28.9. The van der Waals surface area contributed by atoms with E-state index in [0.29, 0.717) is 29.6 Å². The number of aliphatic carboxylic acids is 1. The Balaban J connectivity index is 0.00000260. The Hall–Kier alpha value is -3.56. The monoisotopic (exact) mass is 559 g/mol. The molecule has 0 aliphatic heterocycles. The molecule has 0 aliphatic rings. The first-order valence-corrected chi connectivity index (χ1v) is 13.4. The van der Waals surface area contributed by atoms with E-state index in [4.69, 9.17) is 21.1 Å². The summed E-state index contributed by atoms with van der Waals surface area (Å²) in [5.74, 6) is 0.104. The Morgan fingerprint density at radius 3 is 2.38 bits per heavy atom. The summed E-state index contributed by atoms with van der Waals surface area (Å²) in [5.41, 5.74) is 1.01. The summed E-state index contributed by atoms with van der Waals surface area (Å²) in [6, 6.07) is 13.8. The number of methoxy groups -OCH3 is 1. The maximum atomic E-state index is 12.2. The van der Waals surface area contributed by atoms with E-state index in [9.17, 15) is 19.5 Å². The van der Waals surface area contributed by atoms with Crippen molar-refractivity contribution in [2.75, 3.05) is 20.3 Å². The highest BCUT2D eigenvalue weighted by molar-refractivity contribution is 6.30. The van der Waals surface area contributed by atoms with Crippen LogP contribution in [0.5, 0.6) is 11.5 Å². The van der Waals surface area contributed by atoms with E-state index < -0.39 is 11.7 Å². The van der Waals surface area contributed by atoms with E-state index in [1.807, 2.05) is 38.1 Å². The van der Waals surface area contributed by atoms with Gasteiger partial charge in [0, 0.05) is 36.9 Å². The number of nitrogens with zero attached hydrogens (tertiary/aromatic N) is 3. The molecule has 3 aromatic rings. The van der Waals surface area contributed by atoms with Gasteiger partial charge < -0.3 is 19.1 Å². The number of benzene rings is 2. The van der Waals surface area contributed by atoms with Crippen LogP contribution in [-0.4, -0.2) is 45.4 Å². The van der Waals surface area contributed by atoms with Crippen molar-refractivity contribution in [1.29, 1.82) is 0 Å². The molecule has 0 bridgehead atoms. The molecule has 0 radical (unpaired) electrons. The third-order valence-corrected chi connectivity index (χ3v) is 6.25. The number of ether oxygens (including phenoxy) is 2. The van der Waals surface area contributed by atoms with E-state index in [1.54, 1.807) is 25.2 Å². The fourth-order valence-corrected chi connectivity index (χ4v) is 4.30. The van der Waals surface area contributed by atoms with Gasteiger partial charge in [-0.2, -0.15) is 0 Å². The van der Waals surface area contributed by atoms with Crippen LogP contribution in [0.2, 0.25) is 5.02 Å². The van der Waals surface area contributed by atoms with E-state index >= 15 is 0 Å². The number of hydrogen-bond donors (Lipinski definition) is 1. The Morgan fingerprint density at radius 2 is 1.77 bits per heavy atom. The Kier molecular flexibility index (Phi) is 12.8. The van der Waals surface area contributed by atoms with Crippen LogP contribution in [0.4, 0.5) is 0 Å². The van der Waals surface area contributed by atoms with Gasteiger partial charge in [-0.15, -0.1) is 0 Å². The lowest BCUT2D eigenvalue weighted by atomic mass is 10.0. The van der Waals surface area contributed by atoms with Gasteiger partial charge in [0.2, 0.25) is 0 Å². The van der Waals surface area contributed by atoms with Crippen LogP contribution < -0.4 is 20.7 Å². The summed E-state index contributed by atoms with van der Waals surface area (Å²) >= 11 is 6.05. The predicted molar refractivity (Wildman–Crippen MR) is 153 cm³/mol. The van der Waals surface area contributed by atoms with Crippen LogP contribution in [0.3, 0.4) is 0 Å². The lowest BCUT2D eigenvalue weighted by molar-refractivity contribution is -0.138. The number of aromatic nitrogens is 2. The van der Waals surface area contributed by atoms with Crippen LogP contribution in [0, 0.1) is 0 Å². The molecule has 10 heteroatoms. The van der Waals surface area contributed by atoms with Crippen LogP contribution in [0.25, 0.3) is 0 Å². The first-order chi connectivity index (χ1) is 18.7. The average Bonchev–Trinajstić information content (AvgIpc) is 2.93. The second-order valence-corrected chi connectivity index (χ2v) is 9.10. The molecule has 1 aromatic heterocycles. The van der Waals surface area contributed by atoms with Crippen molar-refractivity contribution in [1.82, 2.24) is 14.0 Å². The predicted octanol–water partition coefficient (Wildman–Crippen LogP) is 4.74. The minimum atomic E-state index is -0.880. The van der Waals surface area contributed by atoms with Crippen molar-refractivity contribution >= 4 is 17.6 Å². The highest BCUT2D eigenvalue weighted by atomic mass is 35.5. The molecule has 3 rings (SSSR count). The molecule has 1 unspecified atom stereocenters. The fraction of sp³-hybridized carbons (Fsp3) is 0.414. The molecule has 0 fully saturated rings. The summed E-state index contributed by atoms with van der Waals surface area (Å²) < 4.78 is 13.8.